The fourth-order valence-electron chi connectivity index (χ4n) is 1.79. The van der Waals surface area contributed by atoms with E-state index in [1.54, 1.807) is 23.0 Å². The third-order valence-corrected chi connectivity index (χ3v) is 2.79. The van der Waals surface area contributed by atoms with Crippen LogP contribution in [0.1, 0.15) is 17.5 Å². The van der Waals surface area contributed by atoms with E-state index >= 15 is 0 Å². The quantitative estimate of drug-likeness (QED) is 0.755. The van der Waals surface area contributed by atoms with E-state index in [0.717, 1.165) is 11.1 Å². The Bertz CT molecular complexity index is 566. The van der Waals surface area contributed by atoms with Gasteiger partial charge in [0.2, 0.25) is 0 Å². The second-order valence-corrected chi connectivity index (χ2v) is 4.49. The monoisotopic (exact) mass is 277 g/mol. The van der Waals surface area contributed by atoms with E-state index in [-0.39, 0.29) is 12.2 Å². The average Bonchev–Trinajstić information content (AvgIpc) is 2.85. The van der Waals surface area contributed by atoms with Crippen molar-refractivity contribution >= 4 is 5.97 Å². The van der Waals surface area contributed by atoms with Crippen molar-refractivity contribution in [2.24, 2.45) is 0 Å². The van der Waals surface area contributed by atoms with Gasteiger partial charge in [0.05, 0.1) is 19.2 Å². The van der Waals surface area contributed by atoms with Gasteiger partial charge in [-0.05, 0) is 17.7 Å². The highest BCUT2D eigenvalue weighted by Gasteiger charge is 2.01. The van der Waals surface area contributed by atoms with Crippen molar-refractivity contribution in [3.63, 3.8) is 0 Å². The Morgan fingerprint density at radius 1 is 1.30 bits per heavy atom. The number of benzene rings is 1. The number of rotatable bonds is 7. The lowest BCUT2D eigenvalue weighted by Crippen LogP contribution is -2.17. The van der Waals surface area contributed by atoms with Crippen LogP contribution in [0.2, 0.25) is 0 Å². The molecule has 0 spiro atoms. The first-order valence-electron chi connectivity index (χ1n) is 6.32. The minimum Gasteiger partial charge on any atom is -0.481 e. The van der Waals surface area contributed by atoms with Crippen LogP contribution in [0, 0.1) is 5.82 Å². The molecule has 0 aliphatic rings. The van der Waals surface area contributed by atoms with E-state index in [2.05, 4.69) is 10.4 Å². The molecule has 1 aromatic carbocycles. The minimum absolute atomic E-state index is 0.101. The molecule has 1 heterocycles. The molecular weight excluding hydrogens is 261 g/mol. The minimum atomic E-state index is -0.815. The topological polar surface area (TPSA) is 67.2 Å². The Balaban J connectivity index is 1.82. The van der Waals surface area contributed by atoms with Gasteiger partial charge >= 0.3 is 5.97 Å². The number of carboxylic acids is 1. The van der Waals surface area contributed by atoms with Crippen molar-refractivity contribution in [3.8, 4) is 0 Å². The van der Waals surface area contributed by atoms with E-state index < -0.39 is 5.97 Å². The molecule has 5 nitrogen and oxygen atoms in total. The maximum Gasteiger partial charge on any atom is 0.304 e. The Kier molecular flexibility index (Phi) is 4.84. The van der Waals surface area contributed by atoms with Crippen LogP contribution in [0.5, 0.6) is 0 Å². The maximum absolute atomic E-state index is 12.8. The van der Waals surface area contributed by atoms with Gasteiger partial charge in [0.1, 0.15) is 5.82 Å². The molecule has 20 heavy (non-hydrogen) atoms. The van der Waals surface area contributed by atoms with Gasteiger partial charge in [-0.1, -0.05) is 12.1 Å². The van der Waals surface area contributed by atoms with Crippen molar-refractivity contribution in [3.05, 3.63) is 53.6 Å². The number of hydrogen-bond acceptors (Lipinski definition) is 3. The summed E-state index contributed by atoms with van der Waals surface area (Å²) in [6.07, 6.45) is 3.72. The highest BCUT2D eigenvalue weighted by atomic mass is 19.1. The number of aromatic nitrogens is 2. The fraction of sp³-hybridized carbons (Fsp3) is 0.286. The second-order valence-electron chi connectivity index (χ2n) is 4.49. The van der Waals surface area contributed by atoms with Crippen LogP contribution in [-0.4, -0.2) is 27.4 Å². The largest absolute Gasteiger partial charge is 0.481 e. The van der Waals surface area contributed by atoms with Crippen molar-refractivity contribution in [2.45, 2.75) is 19.5 Å². The first-order valence-corrected chi connectivity index (χ1v) is 6.32. The van der Waals surface area contributed by atoms with Gasteiger partial charge in [0.15, 0.2) is 0 Å². The van der Waals surface area contributed by atoms with Gasteiger partial charge in [-0.2, -0.15) is 5.10 Å². The summed E-state index contributed by atoms with van der Waals surface area (Å²) in [6.45, 7) is 1.59. The molecule has 0 aliphatic heterocycles. The Labute approximate surface area is 116 Å². The molecule has 0 saturated carbocycles. The lowest BCUT2D eigenvalue weighted by Gasteiger charge is -2.02. The number of nitrogens with zero attached hydrogens (tertiary/aromatic N) is 2. The van der Waals surface area contributed by atoms with E-state index in [1.807, 2.05) is 6.20 Å². The molecule has 2 rings (SSSR count). The van der Waals surface area contributed by atoms with Crippen LogP contribution in [0.3, 0.4) is 0 Å². The number of carbonyl (C=O) groups is 1. The molecule has 2 aromatic rings. The van der Waals surface area contributed by atoms with Crippen molar-refractivity contribution in [2.75, 3.05) is 6.54 Å². The van der Waals surface area contributed by atoms with Crippen LogP contribution in [-0.2, 0) is 17.9 Å². The molecule has 0 saturated heterocycles. The molecule has 2 N–H and O–H groups in total. The van der Waals surface area contributed by atoms with Crippen LogP contribution < -0.4 is 5.32 Å². The number of aliphatic carboxylic acids is 1. The van der Waals surface area contributed by atoms with Crippen LogP contribution in [0.15, 0.2) is 36.7 Å². The predicted molar refractivity (Wildman–Crippen MR) is 71.7 cm³/mol. The lowest BCUT2D eigenvalue weighted by molar-refractivity contribution is -0.136. The van der Waals surface area contributed by atoms with E-state index in [1.165, 1.54) is 12.1 Å². The summed E-state index contributed by atoms with van der Waals surface area (Å²) in [5, 5.41) is 15.8. The summed E-state index contributed by atoms with van der Waals surface area (Å²) >= 11 is 0. The Morgan fingerprint density at radius 2 is 2.05 bits per heavy atom. The molecule has 1 aromatic heterocycles. The van der Waals surface area contributed by atoms with Crippen molar-refractivity contribution < 1.29 is 14.3 Å². The first-order chi connectivity index (χ1) is 9.63. The summed E-state index contributed by atoms with van der Waals surface area (Å²) in [4.78, 5) is 10.4. The summed E-state index contributed by atoms with van der Waals surface area (Å²) in [5.41, 5.74) is 1.96. The molecule has 0 fully saturated rings. The standard InChI is InChI=1S/C14H16FN3O2/c15-13-3-1-11(2-4-13)9-18-10-12(8-17-18)7-16-6-5-14(19)20/h1-4,8,10,16H,5-7,9H2,(H,19,20). The van der Waals surface area contributed by atoms with Crippen LogP contribution >= 0.6 is 0 Å². The lowest BCUT2D eigenvalue weighted by atomic mass is 10.2. The SMILES string of the molecule is O=C(O)CCNCc1cnn(Cc2ccc(F)cc2)c1. The van der Waals surface area contributed by atoms with Crippen LogP contribution in [0.4, 0.5) is 4.39 Å². The molecular formula is C14H16FN3O2. The Hall–Kier alpha value is -2.21. The summed E-state index contributed by atoms with van der Waals surface area (Å²) in [5.74, 6) is -1.07. The zero-order valence-electron chi connectivity index (χ0n) is 10.9. The van der Waals surface area contributed by atoms with Gasteiger partial charge in [0, 0.05) is 24.8 Å². The molecule has 0 bridgehead atoms. The summed E-state index contributed by atoms with van der Waals surface area (Å²) in [6, 6.07) is 6.30. The average molecular weight is 277 g/mol. The highest BCUT2D eigenvalue weighted by Crippen LogP contribution is 2.06. The zero-order valence-corrected chi connectivity index (χ0v) is 10.9. The number of nitrogens with one attached hydrogen (secondary N) is 1. The molecule has 0 amide bonds. The number of carboxylic acid groups (broad SMARTS) is 1. The first kappa shape index (κ1) is 14.2. The smallest absolute Gasteiger partial charge is 0.304 e. The molecule has 6 heteroatoms. The van der Waals surface area contributed by atoms with Gasteiger partial charge in [-0.15, -0.1) is 0 Å². The molecule has 0 atom stereocenters. The molecule has 0 radical (unpaired) electrons. The third-order valence-electron chi connectivity index (χ3n) is 2.79. The van der Waals surface area contributed by atoms with Gasteiger partial charge < -0.3 is 10.4 Å². The molecule has 0 unspecified atom stereocenters. The zero-order chi connectivity index (χ0) is 14.4. The highest BCUT2D eigenvalue weighted by molar-refractivity contribution is 5.66. The third kappa shape index (κ3) is 4.47. The van der Waals surface area contributed by atoms with E-state index in [0.29, 0.717) is 19.6 Å². The fourth-order valence-corrected chi connectivity index (χ4v) is 1.79. The Morgan fingerprint density at radius 3 is 2.75 bits per heavy atom. The van der Waals surface area contributed by atoms with E-state index in [4.69, 9.17) is 5.11 Å². The maximum atomic E-state index is 12.8. The van der Waals surface area contributed by atoms with Crippen LogP contribution in [0.25, 0.3) is 0 Å². The summed E-state index contributed by atoms with van der Waals surface area (Å²) in [7, 11) is 0. The second kappa shape index (κ2) is 6.81. The van der Waals surface area contributed by atoms with Crippen molar-refractivity contribution in [1.82, 2.24) is 15.1 Å². The number of halogens is 1. The summed E-state index contributed by atoms with van der Waals surface area (Å²) < 4.78 is 14.6. The van der Waals surface area contributed by atoms with E-state index in [9.17, 15) is 9.18 Å². The van der Waals surface area contributed by atoms with Crippen molar-refractivity contribution in [1.29, 1.82) is 0 Å². The van der Waals surface area contributed by atoms with Gasteiger partial charge in [-0.3, -0.25) is 9.48 Å². The van der Waals surface area contributed by atoms with Gasteiger partial charge in [0.25, 0.3) is 0 Å². The molecule has 106 valence electrons. The predicted octanol–water partition coefficient (Wildman–Crippen LogP) is 1.63. The number of hydrogen-bond donors (Lipinski definition) is 2. The van der Waals surface area contributed by atoms with Gasteiger partial charge in [-0.25, -0.2) is 4.39 Å². The normalized spacial score (nSPS) is 10.7. The molecule has 0 aliphatic carbocycles.